The summed E-state index contributed by atoms with van der Waals surface area (Å²) in [6, 6.07) is 1.39. The summed E-state index contributed by atoms with van der Waals surface area (Å²) in [6.07, 6.45) is -5.65. The minimum atomic E-state index is -4.99. The van der Waals surface area contributed by atoms with E-state index in [9.17, 15) is 35.6 Å². The van der Waals surface area contributed by atoms with Gasteiger partial charge >= 0.3 is 12.1 Å². The summed E-state index contributed by atoms with van der Waals surface area (Å²) >= 11 is 0. The molecule has 0 saturated heterocycles. The fourth-order valence-corrected chi connectivity index (χ4v) is 2.62. The first-order chi connectivity index (χ1) is 10.9. The van der Waals surface area contributed by atoms with E-state index in [-0.39, 0.29) is 6.07 Å². The first kappa shape index (κ1) is 19.7. The average Bonchev–Trinajstić information content (AvgIpc) is 2.43. The minimum Gasteiger partial charge on any atom is -0.480 e. The second kappa shape index (κ2) is 7.47. The first-order valence-corrected chi connectivity index (χ1v) is 7.91. The van der Waals surface area contributed by atoms with Crippen LogP contribution in [0.2, 0.25) is 0 Å². The van der Waals surface area contributed by atoms with Crippen LogP contribution in [0.4, 0.5) is 23.2 Å². The van der Waals surface area contributed by atoms with Gasteiger partial charge in [0.2, 0.25) is 15.9 Å². The summed E-state index contributed by atoms with van der Waals surface area (Å²) in [4.78, 5) is 21.4. The number of hydrogen-bond acceptors (Lipinski definition) is 4. The van der Waals surface area contributed by atoms with Gasteiger partial charge in [0.15, 0.2) is 0 Å². The number of amides is 1. The number of carbonyl (C=O) groups is 2. The molecule has 0 aliphatic rings. The standard InChI is InChI=1S/C12H12F4N2O5S/c13-7-1-2-9(8(5-7)12(14,15)16)18-24(22,23)4-3-10(19)17-6-11(20)21/h1-2,5,18H,3-4,6H2,(H,17,19)(H,20,21). The number of anilines is 1. The molecular formula is C12H12F4N2O5S. The Hall–Kier alpha value is -2.37. The zero-order valence-electron chi connectivity index (χ0n) is 11.9. The number of carboxylic acid groups (broad SMARTS) is 1. The number of carboxylic acids is 1. The van der Waals surface area contributed by atoms with Crippen LogP contribution < -0.4 is 10.0 Å². The van der Waals surface area contributed by atoms with Gasteiger partial charge in [0.05, 0.1) is 17.0 Å². The highest BCUT2D eigenvalue weighted by atomic mass is 32.2. The zero-order chi connectivity index (χ0) is 18.5. The van der Waals surface area contributed by atoms with Gasteiger partial charge in [-0.3, -0.25) is 14.3 Å². The molecule has 1 amide bonds. The molecule has 1 aromatic rings. The Morgan fingerprint density at radius 3 is 2.38 bits per heavy atom. The quantitative estimate of drug-likeness (QED) is 0.622. The number of hydrogen-bond donors (Lipinski definition) is 3. The van der Waals surface area contributed by atoms with Crippen LogP contribution in [0, 0.1) is 5.82 Å². The number of sulfonamides is 1. The van der Waals surface area contributed by atoms with E-state index in [0.29, 0.717) is 12.1 Å². The van der Waals surface area contributed by atoms with E-state index < -0.39 is 63.9 Å². The summed E-state index contributed by atoms with van der Waals surface area (Å²) in [5, 5.41) is 10.2. The molecule has 0 fully saturated rings. The SMILES string of the molecule is O=C(O)CNC(=O)CCS(=O)(=O)Nc1ccc(F)cc1C(F)(F)F. The number of alkyl halides is 3. The number of carbonyl (C=O) groups excluding carboxylic acids is 1. The molecule has 7 nitrogen and oxygen atoms in total. The van der Waals surface area contributed by atoms with E-state index >= 15 is 0 Å². The smallest absolute Gasteiger partial charge is 0.418 e. The van der Waals surface area contributed by atoms with Crippen molar-refractivity contribution in [3.05, 3.63) is 29.6 Å². The van der Waals surface area contributed by atoms with Crippen molar-refractivity contribution < 1.29 is 40.7 Å². The second-order valence-corrected chi connectivity index (χ2v) is 6.37. The molecule has 1 aromatic carbocycles. The van der Waals surface area contributed by atoms with Crippen molar-refractivity contribution in [1.82, 2.24) is 5.32 Å². The minimum absolute atomic E-state index is 0.136. The molecule has 0 atom stereocenters. The molecule has 0 unspecified atom stereocenters. The Kier molecular flexibility index (Phi) is 6.12. The van der Waals surface area contributed by atoms with E-state index in [2.05, 4.69) is 0 Å². The van der Waals surface area contributed by atoms with Crippen LogP contribution in [-0.2, 0) is 25.8 Å². The van der Waals surface area contributed by atoms with Gasteiger partial charge < -0.3 is 10.4 Å². The third kappa shape index (κ3) is 6.40. The molecule has 0 aromatic heterocycles. The van der Waals surface area contributed by atoms with E-state index in [1.54, 1.807) is 4.72 Å². The summed E-state index contributed by atoms with van der Waals surface area (Å²) in [5.74, 6) is -4.32. The Bertz CT molecular complexity index is 733. The van der Waals surface area contributed by atoms with Crippen molar-refractivity contribution in [2.45, 2.75) is 12.6 Å². The van der Waals surface area contributed by atoms with Crippen LogP contribution in [0.5, 0.6) is 0 Å². The lowest BCUT2D eigenvalue weighted by molar-refractivity contribution is -0.138. The molecule has 134 valence electrons. The topological polar surface area (TPSA) is 113 Å². The van der Waals surface area contributed by atoms with Crippen LogP contribution in [0.15, 0.2) is 18.2 Å². The fourth-order valence-electron chi connectivity index (χ4n) is 1.55. The monoisotopic (exact) mass is 372 g/mol. The van der Waals surface area contributed by atoms with E-state index in [1.807, 2.05) is 5.32 Å². The van der Waals surface area contributed by atoms with Crippen molar-refractivity contribution >= 4 is 27.6 Å². The second-order valence-electron chi connectivity index (χ2n) is 4.53. The number of benzene rings is 1. The van der Waals surface area contributed by atoms with Crippen LogP contribution in [0.1, 0.15) is 12.0 Å². The Balaban J connectivity index is 2.81. The van der Waals surface area contributed by atoms with Gasteiger partial charge in [-0.15, -0.1) is 0 Å². The van der Waals surface area contributed by atoms with Crippen LogP contribution >= 0.6 is 0 Å². The third-order valence-corrected chi connectivity index (χ3v) is 3.86. The highest BCUT2D eigenvalue weighted by Crippen LogP contribution is 2.35. The molecule has 0 spiro atoms. The van der Waals surface area contributed by atoms with Crippen molar-refractivity contribution in [2.75, 3.05) is 17.0 Å². The number of halogens is 4. The summed E-state index contributed by atoms with van der Waals surface area (Å²) < 4.78 is 76.4. The third-order valence-electron chi connectivity index (χ3n) is 2.59. The molecule has 1 rings (SSSR count). The molecule has 0 radical (unpaired) electrons. The molecule has 24 heavy (non-hydrogen) atoms. The van der Waals surface area contributed by atoms with E-state index in [0.717, 1.165) is 0 Å². The molecule has 0 saturated carbocycles. The summed E-state index contributed by atoms with van der Waals surface area (Å²) in [5.41, 5.74) is -2.39. The molecule has 0 bridgehead atoms. The maximum Gasteiger partial charge on any atom is 0.418 e. The van der Waals surface area contributed by atoms with Crippen LogP contribution in [-0.4, -0.2) is 37.7 Å². The lowest BCUT2D eigenvalue weighted by Crippen LogP contribution is -2.31. The maximum atomic E-state index is 12.9. The summed E-state index contributed by atoms with van der Waals surface area (Å²) in [6.45, 7) is -0.720. The molecule has 12 heteroatoms. The van der Waals surface area contributed by atoms with Crippen molar-refractivity contribution in [3.8, 4) is 0 Å². The number of aliphatic carboxylic acids is 1. The molecule has 0 aliphatic carbocycles. The van der Waals surface area contributed by atoms with Gasteiger partial charge in [-0.25, -0.2) is 12.8 Å². The van der Waals surface area contributed by atoms with Gasteiger partial charge in [-0.1, -0.05) is 0 Å². The average molecular weight is 372 g/mol. The van der Waals surface area contributed by atoms with Crippen molar-refractivity contribution in [3.63, 3.8) is 0 Å². The molecule has 0 heterocycles. The Morgan fingerprint density at radius 2 is 1.83 bits per heavy atom. The lowest BCUT2D eigenvalue weighted by atomic mass is 10.2. The zero-order valence-corrected chi connectivity index (χ0v) is 12.7. The fraction of sp³-hybridized carbons (Fsp3) is 0.333. The Labute approximate surface area is 133 Å². The molecule has 0 aliphatic heterocycles. The number of rotatable bonds is 7. The predicted octanol–water partition coefficient (Wildman–Crippen LogP) is 1.18. The maximum absolute atomic E-state index is 12.9. The van der Waals surface area contributed by atoms with Crippen LogP contribution in [0.3, 0.4) is 0 Å². The highest BCUT2D eigenvalue weighted by molar-refractivity contribution is 7.92. The van der Waals surface area contributed by atoms with E-state index in [4.69, 9.17) is 5.11 Å². The lowest BCUT2D eigenvalue weighted by Gasteiger charge is -2.14. The Morgan fingerprint density at radius 1 is 1.21 bits per heavy atom. The van der Waals surface area contributed by atoms with Crippen molar-refractivity contribution in [2.24, 2.45) is 0 Å². The van der Waals surface area contributed by atoms with Gasteiger partial charge in [-0.05, 0) is 18.2 Å². The van der Waals surface area contributed by atoms with E-state index in [1.165, 1.54) is 0 Å². The molecule has 3 N–H and O–H groups in total. The van der Waals surface area contributed by atoms with Gasteiger partial charge in [0.1, 0.15) is 12.4 Å². The van der Waals surface area contributed by atoms with Crippen LogP contribution in [0.25, 0.3) is 0 Å². The highest BCUT2D eigenvalue weighted by Gasteiger charge is 2.35. The summed E-state index contributed by atoms with van der Waals surface area (Å²) in [7, 11) is -4.34. The first-order valence-electron chi connectivity index (χ1n) is 6.26. The molecular weight excluding hydrogens is 360 g/mol. The van der Waals surface area contributed by atoms with Gasteiger partial charge in [-0.2, -0.15) is 13.2 Å². The predicted molar refractivity (Wildman–Crippen MR) is 74.1 cm³/mol. The van der Waals surface area contributed by atoms with Crippen molar-refractivity contribution in [1.29, 1.82) is 0 Å². The normalized spacial score (nSPS) is 11.8. The van der Waals surface area contributed by atoms with Gasteiger partial charge in [0, 0.05) is 6.42 Å². The van der Waals surface area contributed by atoms with Gasteiger partial charge in [0.25, 0.3) is 0 Å². The number of nitrogens with one attached hydrogen (secondary N) is 2. The largest absolute Gasteiger partial charge is 0.480 e.